The molecular formula is C13H22N2O. The van der Waals surface area contributed by atoms with E-state index < -0.39 is 0 Å². The Morgan fingerprint density at radius 2 is 2.00 bits per heavy atom. The summed E-state index contributed by atoms with van der Waals surface area (Å²) < 4.78 is 0. The van der Waals surface area contributed by atoms with Crippen molar-refractivity contribution in [3.63, 3.8) is 0 Å². The van der Waals surface area contributed by atoms with Crippen LogP contribution in [0.4, 0.5) is 0 Å². The Morgan fingerprint density at radius 1 is 1.31 bits per heavy atom. The maximum absolute atomic E-state index is 8.75. The van der Waals surface area contributed by atoms with Crippen molar-refractivity contribution in [2.24, 2.45) is 5.73 Å². The Bertz CT molecular complexity index is 289. The van der Waals surface area contributed by atoms with Crippen molar-refractivity contribution in [2.75, 3.05) is 19.7 Å². The number of hydrogen-bond acceptors (Lipinski definition) is 3. The smallest absolute Gasteiger partial charge is 0.0443 e. The summed E-state index contributed by atoms with van der Waals surface area (Å²) in [7, 11) is 0. The molecule has 0 bridgehead atoms. The lowest BCUT2D eigenvalue weighted by molar-refractivity contribution is 0.271. The van der Waals surface area contributed by atoms with Crippen LogP contribution in [0, 0.1) is 0 Å². The zero-order chi connectivity index (χ0) is 11.9. The van der Waals surface area contributed by atoms with Gasteiger partial charge in [0.1, 0.15) is 0 Å². The molecule has 3 heteroatoms. The number of aliphatic hydroxyl groups is 1. The molecule has 0 aliphatic carbocycles. The van der Waals surface area contributed by atoms with E-state index in [2.05, 4.69) is 24.4 Å². The molecule has 4 N–H and O–H groups in total. The van der Waals surface area contributed by atoms with Crippen LogP contribution in [-0.4, -0.2) is 30.3 Å². The molecule has 0 aliphatic rings. The first-order valence-electron chi connectivity index (χ1n) is 5.80. The van der Waals surface area contributed by atoms with Crippen LogP contribution in [0.1, 0.15) is 18.9 Å². The van der Waals surface area contributed by atoms with Crippen molar-refractivity contribution in [2.45, 2.75) is 25.3 Å². The molecule has 1 aromatic carbocycles. The summed E-state index contributed by atoms with van der Waals surface area (Å²) in [6, 6.07) is 10.3. The number of aliphatic hydroxyl groups excluding tert-OH is 1. The SMILES string of the molecule is CC(CN)(Cc1ccccc1)NCCCO. The highest BCUT2D eigenvalue weighted by Crippen LogP contribution is 2.11. The highest BCUT2D eigenvalue weighted by atomic mass is 16.3. The van der Waals surface area contributed by atoms with E-state index in [0.717, 1.165) is 19.4 Å². The van der Waals surface area contributed by atoms with Gasteiger partial charge in [0.05, 0.1) is 0 Å². The number of nitrogens with one attached hydrogen (secondary N) is 1. The average Bonchev–Trinajstić information content (AvgIpc) is 2.31. The lowest BCUT2D eigenvalue weighted by Gasteiger charge is -2.29. The molecule has 0 aliphatic heterocycles. The van der Waals surface area contributed by atoms with Crippen molar-refractivity contribution < 1.29 is 5.11 Å². The fourth-order valence-corrected chi connectivity index (χ4v) is 1.72. The molecule has 0 fully saturated rings. The van der Waals surface area contributed by atoms with Crippen LogP contribution in [0.2, 0.25) is 0 Å². The summed E-state index contributed by atoms with van der Waals surface area (Å²) in [4.78, 5) is 0. The van der Waals surface area contributed by atoms with E-state index >= 15 is 0 Å². The van der Waals surface area contributed by atoms with Crippen LogP contribution in [0.5, 0.6) is 0 Å². The van der Waals surface area contributed by atoms with E-state index in [4.69, 9.17) is 10.8 Å². The number of benzene rings is 1. The molecule has 0 saturated heterocycles. The van der Waals surface area contributed by atoms with Gasteiger partial charge in [0.25, 0.3) is 0 Å². The Kier molecular flexibility index (Phi) is 5.46. The minimum absolute atomic E-state index is 0.0868. The summed E-state index contributed by atoms with van der Waals surface area (Å²) in [6.07, 6.45) is 1.68. The van der Waals surface area contributed by atoms with Gasteiger partial charge in [-0.3, -0.25) is 0 Å². The van der Waals surface area contributed by atoms with Gasteiger partial charge in [-0.1, -0.05) is 30.3 Å². The fourth-order valence-electron chi connectivity index (χ4n) is 1.72. The number of nitrogens with two attached hydrogens (primary N) is 1. The molecule has 1 atom stereocenters. The Morgan fingerprint density at radius 3 is 2.56 bits per heavy atom. The number of hydrogen-bond donors (Lipinski definition) is 3. The summed E-state index contributed by atoms with van der Waals surface area (Å²) in [5.74, 6) is 0. The molecule has 0 amide bonds. The van der Waals surface area contributed by atoms with Crippen molar-refractivity contribution in [3.05, 3.63) is 35.9 Å². The molecule has 0 saturated carbocycles. The third kappa shape index (κ3) is 4.31. The second-order valence-corrected chi connectivity index (χ2v) is 4.43. The summed E-state index contributed by atoms with van der Waals surface area (Å²) in [5.41, 5.74) is 7.01. The van der Waals surface area contributed by atoms with Crippen LogP contribution < -0.4 is 11.1 Å². The quantitative estimate of drug-likeness (QED) is 0.601. The minimum atomic E-state index is -0.0868. The predicted molar refractivity (Wildman–Crippen MR) is 67.3 cm³/mol. The minimum Gasteiger partial charge on any atom is -0.396 e. The fraction of sp³-hybridized carbons (Fsp3) is 0.538. The van der Waals surface area contributed by atoms with Gasteiger partial charge in [0.15, 0.2) is 0 Å². The van der Waals surface area contributed by atoms with Gasteiger partial charge in [-0.2, -0.15) is 0 Å². The van der Waals surface area contributed by atoms with E-state index in [0.29, 0.717) is 6.54 Å². The first-order valence-corrected chi connectivity index (χ1v) is 5.80. The van der Waals surface area contributed by atoms with Gasteiger partial charge in [-0.25, -0.2) is 0 Å². The summed E-state index contributed by atoms with van der Waals surface area (Å²) >= 11 is 0. The lowest BCUT2D eigenvalue weighted by atomic mass is 9.93. The van der Waals surface area contributed by atoms with E-state index in [1.165, 1.54) is 5.56 Å². The van der Waals surface area contributed by atoms with Gasteiger partial charge in [0.2, 0.25) is 0 Å². The monoisotopic (exact) mass is 222 g/mol. The molecule has 1 unspecified atom stereocenters. The highest BCUT2D eigenvalue weighted by Gasteiger charge is 2.21. The van der Waals surface area contributed by atoms with Gasteiger partial charge >= 0.3 is 0 Å². The van der Waals surface area contributed by atoms with Crippen molar-refractivity contribution >= 4 is 0 Å². The van der Waals surface area contributed by atoms with E-state index in [1.54, 1.807) is 0 Å². The molecule has 0 aromatic heterocycles. The van der Waals surface area contributed by atoms with Gasteiger partial charge in [-0.15, -0.1) is 0 Å². The van der Waals surface area contributed by atoms with Crippen LogP contribution >= 0.6 is 0 Å². The van der Waals surface area contributed by atoms with E-state index in [-0.39, 0.29) is 12.1 Å². The zero-order valence-corrected chi connectivity index (χ0v) is 9.95. The molecule has 90 valence electrons. The van der Waals surface area contributed by atoms with Crippen LogP contribution in [0.25, 0.3) is 0 Å². The average molecular weight is 222 g/mol. The van der Waals surface area contributed by atoms with Crippen molar-refractivity contribution in [1.29, 1.82) is 0 Å². The van der Waals surface area contributed by atoms with Gasteiger partial charge < -0.3 is 16.2 Å². The third-order valence-electron chi connectivity index (χ3n) is 2.77. The molecule has 0 radical (unpaired) electrons. The van der Waals surface area contributed by atoms with Crippen LogP contribution in [0.15, 0.2) is 30.3 Å². The normalized spacial score (nSPS) is 14.7. The molecule has 16 heavy (non-hydrogen) atoms. The molecule has 0 heterocycles. The van der Waals surface area contributed by atoms with Crippen molar-refractivity contribution in [1.82, 2.24) is 5.32 Å². The standard InChI is InChI=1S/C13H22N2O/c1-13(11-14,15-8-5-9-16)10-12-6-3-2-4-7-12/h2-4,6-7,15-16H,5,8-11,14H2,1H3. The Hall–Kier alpha value is -0.900. The second kappa shape index (κ2) is 6.63. The van der Waals surface area contributed by atoms with Gasteiger partial charge in [0, 0.05) is 18.7 Å². The van der Waals surface area contributed by atoms with Crippen molar-refractivity contribution in [3.8, 4) is 0 Å². The maximum Gasteiger partial charge on any atom is 0.0443 e. The first kappa shape index (κ1) is 13.2. The zero-order valence-electron chi connectivity index (χ0n) is 9.95. The molecule has 1 rings (SSSR count). The Balaban J connectivity index is 2.52. The summed E-state index contributed by atoms with van der Waals surface area (Å²) in [6.45, 7) is 3.74. The Labute approximate surface area is 97.7 Å². The largest absolute Gasteiger partial charge is 0.396 e. The second-order valence-electron chi connectivity index (χ2n) is 4.43. The van der Waals surface area contributed by atoms with Gasteiger partial charge in [-0.05, 0) is 31.9 Å². The number of rotatable bonds is 7. The van der Waals surface area contributed by atoms with E-state index in [9.17, 15) is 0 Å². The lowest BCUT2D eigenvalue weighted by Crippen LogP contribution is -2.50. The topological polar surface area (TPSA) is 58.3 Å². The molecule has 1 aromatic rings. The molecule has 3 nitrogen and oxygen atoms in total. The predicted octanol–water partition coefficient (Wildman–Crippen LogP) is 0.918. The van der Waals surface area contributed by atoms with E-state index in [1.807, 2.05) is 18.2 Å². The third-order valence-corrected chi connectivity index (χ3v) is 2.77. The highest BCUT2D eigenvalue weighted by molar-refractivity contribution is 5.17. The summed E-state index contributed by atoms with van der Waals surface area (Å²) in [5, 5.41) is 12.2. The maximum atomic E-state index is 8.75. The first-order chi connectivity index (χ1) is 7.70. The van der Waals surface area contributed by atoms with Crippen LogP contribution in [0.3, 0.4) is 0 Å². The molecule has 0 spiro atoms. The van der Waals surface area contributed by atoms with Crippen LogP contribution in [-0.2, 0) is 6.42 Å². The molecular weight excluding hydrogens is 200 g/mol.